The Bertz CT molecular complexity index is 307. The fourth-order valence-electron chi connectivity index (χ4n) is 2.14. The third kappa shape index (κ3) is 3.19. The molecule has 1 aliphatic heterocycles. The minimum absolute atomic E-state index is 0.0377. The highest BCUT2D eigenvalue weighted by molar-refractivity contribution is 5.86. The van der Waals surface area contributed by atoms with Crippen LogP contribution in [0, 0.1) is 5.92 Å². The summed E-state index contributed by atoms with van der Waals surface area (Å²) < 4.78 is 0. The van der Waals surface area contributed by atoms with Gasteiger partial charge in [0.1, 0.15) is 0 Å². The van der Waals surface area contributed by atoms with Crippen LogP contribution in [-0.4, -0.2) is 37.0 Å². The van der Waals surface area contributed by atoms with Crippen LogP contribution in [-0.2, 0) is 9.59 Å². The molecule has 0 bridgehead atoms. The molecule has 2 amide bonds. The van der Waals surface area contributed by atoms with Crippen LogP contribution in [0.2, 0.25) is 0 Å². The highest BCUT2D eigenvalue weighted by atomic mass is 16.2. The molecular weight excluding hydrogens is 218 g/mol. The third-order valence-corrected chi connectivity index (χ3v) is 3.53. The first kappa shape index (κ1) is 12.4. The first-order chi connectivity index (χ1) is 8.12. The van der Waals surface area contributed by atoms with Crippen LogP contribution in [0.1, 0.15) is 32.6 Å². The Morgan fingerprint density at radius 1 is 1.29 bits per heavy atom. The van der Waals surface area contributed by atoms with Crippen LogP contribution in [0.15, 0.2) is 0 Å². The number of hydrogen-bond donors (Lipinski definition) is 3. The maximum absolute atomic E-state index is 11.9. The molecule has 96 valence electrons. The van der Waals surface area contributed by atoms with Crippen molar-refractivity contribution >= 4 is 11.8 Å². The Labute approximate surface area is 102 Å². The van der Waals surface area contributed by atoms with Crippen molar-refractivity contribution in [2.75, 3.05) is 19.6 Å². The van der Waals surface area contributed by atoms with Gasteiger partial charge in [-0.2, -0.15) is 0 Å². The summed E-state index contributed by atoms with van der Waals surface area (Å²) in [5.41, 5.74) is -0.416. The lowest BCUT2D eigenvalue weighted by atomic mass is 9.99. The summed E-state index contributed by atoms with van der Waals surface area (Å²) >= 11 is 0. The highest BCUT2D eigenvalue weighted by Gasteiger charge is 2.35. The number of carbonyl (C=O) groups is 2. The van der Waals surface area contributed by atoms with Gasteiger partial charge in [0.15, 0.2) is 0 Å². The number of amides is 2. The maximum atomic E-state index is 11.9. The zero-order chi connectivity index (χ0) is 12.3. The fraction of sp³-hybridized carbons (Fsp3) is 0.833. The van der Waals surface area contributed by atoms with E-state index in [0.29, 0.717) is 13.1 Å². The first-order valence-corrected chi connectivity index (χ1v) is 6.43. The van der Waals surface area contributed by atoms with Gasteiger partial charge in [0.05, 0.1) is 5.54 Å². The van der Waals surface area contributed by atoms with Gasteiger partial charge in [-0.25, -0.2) is 0 Å². The second-order valence-electron chi connectivity index (χ2n) is 5.18. The minimum atomic E-state index is -0.416. The number of carbonyl (C=O) groups excluding carboxylic acids is 2. The van der Waals surface area contributed by atoms with E-state index in [1.807, 2.05) is 6.92 Å². The zero-order valence-corrected chi connectivity index (χ0v) is 10.3. The zero-order valence-electron chi connectivity index (χ0n) is 10.3. The Balaban J connectivity index is 1.61. The van der Waals surface area contributed by atoms with E-state index in [2.05, 4.69) is 16.0 Å². The van der Waals surface area contributed by atoms with E-state index in [-0.39, 0.29) is 17.7 Å². The van der Waals surface area contributed by atoms with E-state index in [1.165, 1.54) is 0 Å². The molecule has 2 fully saturated rings. The third-order valence-electron chi connectivity index (χ3n) is 3.53. The molecule has 0 aromatic heterocycles. The molecule has 0 radical (unpaired) electrons. The summed E-state index contributed by atoms with van der Waals surface area (Å²) in [6, 6.07) is 0. The summed E-state index contributed by atoms with van der Waals surface area (Å²) in [7, 11) is 0. The van der Waals surface area contributed by atoms with Gasteiger partial charge in [0.25, 0.3) is 0 Å². The molecule has 2 rings (SSSR count). The molecule has 17 heavy (non-hydrogen) atoms. The van der Waals surface area contributed by atoms with Gasteiger partial charge in [0, 0.05) is 19.0 Å². The van der Waals surface area contributed by atoms with Crippen molar-refractivity contribution in [1.82, 2.24) is 16.0 Å². The maximum Gasteiger partial charge on any atom is 0.240 e. The molecule has 1 saturated carbocycles. The number of rotatable bonds is 5. The SMILES string of the molecule is CC1(C(=O)NCCNC(=O)C2CC2)CCCN1. The molecule has 5 heteroatoms. The molecule has 0 aromatic rings. The van der Waals surface area contributed by atoms with E-state index >= 15 is 0 Å². The van der Waals surface area contributed by atoms with Gasteiger partial charge in [-0.1, -0.05) is 0 Å². The largest absolute Gasteiger partial charge is 0.354 e. The van der Waals surface area contributed by atoms with Crippen LogP contribution in [0.25, 0.3) is 0 Å². The molecule has 2 aliphatic rings. The lowest BCUT2D eigenvalue weighted by Gasteiger charge is -2.23. The predicted molar refractivity (Wildman–Crippen MR) is 64.4 cm³/mol. The quantitative estimate of drug-likeness (QED) is 0.580. The summed E-state index contributed by atoms with van der Waals surface area (Å²) in [6.07, 6.45) is 3.95. The smallest absolute Gasteiger partial charge is 0.240 e. The van der Waals surface area contributed by atoms with Crippen LogP contribution >= 0.6 is 0 Å². The van der Waals surface area contributed by atoms with Crippen molar-refractivity contribution in [3.63, 3.8) is 0 Å². The van der Waals surface area contributed by atoms with Crippen LogP contribution < -0.4 is 16.0 Å². The highest BCUT2D eigenvalue weighted by Crippen LogP contribution is 2.28. The molecule has 1 aliphatic carbocycles. The van der Waals surface area contributed by atoms with Crippen LogP contribution in [0.4, 0.5) is 0 Å². The molecular formula is C12H21N3O2. The van der Waals surface area contributed by atoms with E-state index in [9.17, 15) is 9.59 Å². The Morgan fingerprint density at radius 3 is 2.59 bits per heavy atom. The average molecular weight is 239 g/mol. The van der Waals surface area contributed by atoms with Crippen molar-refractivity contribution in [2.24, 2.45) is 5.92 Å². The molecule has 0 spiro atoms. The van der Waals surface area contributed by atoms with Gasteiger partial charge in [0.2, 0.25) is 11.8 Å². The van der Waals surface area contributed by atoms with Crippen molar-refractivity contribution in [2.45, 2.75) is 38.1 Å². The molecule has 1 unspecified atom stereocenters. The summed E-state index contributed by atoms with van der Waals surface area (Å²) in [6.45, 7) is 3.87. The second-order valence-corrected chi connectivity index (χ2v) is 5.18. The molecule has 1 saturated heterocycles. The molecule has 0 aromatic carbocycles. The lowest BCUT2D eigenvalue weighted by Crippen LogP contribution is -2.52. The van der Waals surface area contributed by atoms with E-state index in [4.69, 9.17) is 0 Å². The Morgan fingerprint density at radius 2 is 2.00 bits per heavy atom. The van der Waals surface area contributed by atoms with Crippen molar-refractivity contribution in [3.8, 4) is 0 Å². The van der Waals surface area contributed by atoms with Gasteiger partial charge < -0.3 is 16.0 Å². The minimum Gasteiger partial charge on any atom is -0.354 e. The molecule has 5 nitrogen and oxygen atoms in total. The molecule has 1 atom stereocenters. The molecule has 3 N–H and O–H groups in total. The van der Waals surface area contributed by atoms with Gasteiger partial charge in [-0.3, -0.25) is 9.59 Å². The summed E-state index contributed by atoms with van der Waals surface area (Å²) in [5.74, 6) is 0.403. The summed E-state index contributed by atoms with van der Waals surface area (Å²) in [5, 5.41) is 8.90. The second kappa shape index (κ2) is 5.04. The lowest BCUT2D eigenvalue weighted by molar-refractivity contribution is -0.127. The number of nitrogens with one attached hydrogen (secondary N) is 3. The number of hydrogen-bond acceptors (Lipinski definition) is 3. The predicted octanol–water partition coefficient (Wildman–Crippen LogP) is -0.229. The van der Waals surface area contributed by atoms with E-state index in [0.717, 1.165) is 32.2 Å². The average Bonchev–Trinajstić information content (AvgIpc) is 3.07. The van der Waals surface area contributed by atoms with Crippen molar-refractivity contribution in [3.05, 3.63) is 0 Å². The monoisotopic (exact) mass is 239 g/mol. The topological polar surface area (TPSA) is 70.2 Å². The normalized spacial score (nSPS) is 27.8. The fourth-order valence-corrected chi connectivity index (χ4v) is 2.14. The molecule has 1 heterocycles. The standard InChI is InChI=1S/C12H21N3O2/c1-12(5-2-6-15-12)11(17)14-8-7-13-10(16)9-3-4-9/h9,15H,2-8H2,1H3,(H,13,16)(H,14,17). The van der Waals surface area contributed by atoms with Gasteiger partial charge >= 0.3 is 0 Å². The van der Waals surface area contributed by atoms with Crippen LogP contribution in [0.3, 0.4) is 0 Å². The first-order valence-electron chi connectivity index (χ1n) is 6.43. The Hall–Kier alpha value is -1.10. The van der Waals surface area contributed by atoms with E-state index in [1.54, 1.807) is 0 Å². The van der Waals surface area contributed by atoms with Gasteiger partial charge in [-0.15, -0.1) is 0 Å². The van der Waals surface area contributed by atoms with Gasteiger partial charge in [-0.05, 0) is 39.2 Å². The Kier molecular flexibility index (Phi) is 3.66. The van der Waals surface area contributed by atoms with E-state index < -0.39 is 5.54 Å². The van der Waals surface area contributed by atoms with Crippen molar-refractivity contribution < 1.29 is 9.59 Å². The van der Waals surface area contributed by atoms with Crippen LogP contribution in [0.5, 0.6) is 0 Å². The summed E-state index contributed by atoms with van der Waals surface area (Å²) in [4.78, 5) is 23.2. The van der Waals surface area contributed by atoms with Crippen molar-refractivity contribution in [1.29, 1.82) is 0 Å².